The highest BCUT2D eigenvalue weighted by Crippen LogP contribution is 2.22. The Bertz CT molecular complexity index is 1320. The number of ether oxygens (including phenoxy) is 1. The molecule has 0 saturated carbocycles. The van der Waals surface area contributed by atoms with Gasteiger partial charge in [0.2, 0.25) is 5.91 Å². The number of aromatic nitrogens is 2. The number of rotatable bonds is 10. The van der Waals surface area contributed by atoms with E-state index >= 15 is 0 Å². The first-order chi connectivity index (χ1) is 17.9. The van der Waals surface area contributed by atoms with Crippen molar-refractivity contribution in [3.8, 4) is 0 Å². The van der Waals surface area contributed by atoms with Crippen LogP contribution in [0.3, 0.4) is 0 Å². The third-order valence-electron chi connectivity index (χ3n) is 5.64. The summed E-state index contributed by atoms with van der Waals surface area (Å²) in [4.78, 5) is 41.3. The Morgan fingerprint density at radius 3 is 2.45 bits per heavy atom. The molecule has 3 rings (SSSR count). The van der Waals surface area contributed by atoms with Crippen LogP contribution in [0, 0.1) is 12.7 Å². The van der Waals surface area contributed by atoms with Crippen LogP contribution in [-0.2, 0) is 20.9 Å². The minimum Gasteiger partial charge on any atom is -0.458 e. The van der Waals surface area contributed by atoms with Crippen molar-refractivity contribution in [3.05, 3.63) is 89.3 Å². The maximum atomic E-state index is 13.6. The number of benzene rings is 2. The van der Waals surface area contributed by atoms with Crippen molar-refractivity contribution in [2.45, 2.75) is 58.7 Å². The first kappa shape index (κ1) is 28.3. The van der Waals surface area contributed by atoms with Gasteiger partial charge in [0.15, 0.2) is 0 Å². The molecular weight excluding hydrogens is 487 g/mol. The first-order valence-corrected chi connectivity index (χ1v) is 12.3. The molecule has 0 spiro atoms. The number of primary amides is 1. The Kier molecular flexibility index (Phi) is 9.17. The lowest BCUT2D eigenvalue weighted by molar-refractivity contribution is -0.157. The molecule has 0 aliphatic heterocycles. The first-order valence-electron chi connectivity index (χ1n) is 12.3. The quantitative estimate of drug-likeness (QED) is 0.306. The number of nitrogens with one attached hydrogen (secondary N) is 1. The molecule has 0 bridgehead atoms. The normalized spacial score (nSPS) is 12.6. The summed E-state index contributed by atoms with van der Waals surface area (Å²) in [6, 6.07) is 12.1. The summed E-state index contributed by atoms with van der Waals surface area (Å²) in [5, 5.41) is 2.68. The van der Waals surface area contributed by atoms with Crippen molar-refractivity contribution in [1.29, 1.82) is 0 Å². The predicted octanol–water partition coefficient (Wildman–Crippen LogP) is 4.28. The van der Waals surface area contributed by atoms with Gasteiger partial charge in [-0.05, 0) is 81.2 Å². The number of halogens is 1. The number of carbonyl (C=O) groups is 3. The van der Waals surface area contributed by atoms with Gasteiger partial charge in [0.05, 0.1) is 6.33 Å². The lowest BCUT2D eigenvalue weighted by Crippen LogP contribution is -2.44. The predicted molar refractivity (Wildman–Crippen MR) is 143 cm³/mol. The van der Waals surface area contributed by atoms with Crippen LogP contribution in [-0.4, -0.2) is 39.0 Å². The molecule has 1 atom stereocenters. The molecule has 0 aliphatic rings. The van der Waals surface area contributed by atoms with E-state index in [0.29, 0.717) is 12.1 Å². The summed E-state index contributed by atoms with van der Waals surface area (Å²) in [5.74, 6) is -2.05. The Morgan fingerprint density at radius 2 is 1.84 bits per heavy atom. The van der Waals surface area contributed by atoms with Crippen molar-refractivity contribution < 1.29 is 23.5 Å². The average molecular weight is 521 g/mol. The molecule has 8 nitrogen and oxygen atoms in total. The van der Waals surface area contributed by atoms with E-state index in [1.54, 1.807) is 63.6 Å². The van der Waals surface area contributed by atoms with Gasteiger partial charge >= 0.3 is 5.97 Å². The van der Waals surface area contributed by atoms with E-state index in [1.807, 2.05) is 23.6 Å². The van der Waals surface area contributed by atoms with Crippen LogP contribution < -0.4 is 11.1 Å². The summed E-state index contributed by atoms with van der Waals surface area (Å²) in [7, 11) is 0. The third-order valence-corrected chi connectivity index (χ3v) is 5.64. The van der Waals surface area contributed by atoms with E-state index in [-0.39, 0.29) is 18.7 Å². The second-order valence-corrected chi connectivity index (χ2v) is 10.0. The third kappa shape index (κ3) is 8.40. The van der Waals surface area contributed by atoms with Crippen molar-refractivity contribution in [2.75, 3.05) is 0 Å². The number of nitrogens with two attached hydrogens (primary N) is 1. The molecule has 9 heteroatoms. The maximum Gasteiger partial charge on any atom is 0.329 e. The maximum absolute atomic E-state index is 13.6. The fraction of sp³-hybridized carbons (Fsp3) is 0.310. The molecule has 2 aromatic carbocycles. The highest BCUT2D eigenvalue weighted by Gasteiger charge is 2.27. The molecule has 0 saturated heterocycles. The highest BCUT2D eigenvalue weighted by molar-refractivity contribution is 5.97. The van der Waals surface area contributed by atoms with E-state index in [0.717, 1.165) is 22.4 Å². The Morgan fingerprint density at radius 1 is 1.13 bits per heavy atom. The molecule has 3 N–H and O–H groups in total. The molecule has 0 aliphatic carbocycles. The number of allylic oxidation sites excluding steroid dienone is 1. The number of nitrogens with zero attached hydrogens (tertiary/aromatic N) is 2. The second kappa shape index (κ2) is 12.3. The van der Waals surface area contributed by atoms with Gasteiger partial charge in [-0.15, -0.1) is 0 Å². The number of hydrogen-bond donors (Lipinski definition) is 2. The van der Waals surface area contributed by atoms with Gasteiger partial charge in [0, 0.05) is 30.4 Å². The highest BCUT2D eigenvalue weighted by atomic mass is 19.1. The monoisotopic (exact) mass is 520 g/mol. The van der Waals surface area contributed by atoms with Gasteiger partial charge in [0.25, 0.3) is 5.91 Å². The SMILES string of the molecule is Cc1cncn1C/C(=C/c1cccc(C(=O)N[C@@H](CCC(N)=O)C(=O)OC(C)(C)C)c1)c1ccc(F)cc1. The molecule has 38 heavy (non-hydrogen) atoms. The fourth-order valence-corrected chi connectivity index (χ4v) is 3.74. The van der Waals surface area contributed by atoms with Crippen LogP contribution in [0.2, 0.25) is 0 Å². The van der Waals surface area contributed by atoms with Crippen LogP contribution in [0.25, 0.3) is 11.6 Å². The topological polar surface area (TPSA) is 116 Å². The summed E-state index contributed by atoms with van der Waals surface area (Å²) in [5.41, 5.74) is 8.23. The van der Waals surface area contributed by atoms with Crippen LogP contribution in [0.4, 0.5) is 4.39 Å². The number of imidazole rings is 1. The zero-order valence-corrected chi connectivity index (χ0v) is 22.0. The van der Waals surface area contributed by atoms with E-state index in [9.17, 15) is 18.8 Å². The van der Waals surface area contributed by atoms with Crippen LogP contribution >= 0.6 is 0 Å². The second-order valence-electron chi connectivity index (χ2n) is 10.0. The van der Waals surface area contributed by atoms with Crippen molar-refractivity contribution in [2.24, 2.45) is 5.73 Å². The van der Waals surface area contributed by atoms with E-state index in [1.165, 1.54) is 12.1 Å². The molecule has 200 valence electrons. The zero-order valence-electron chi connectivity index (χ0n) is 22.0. The van der Waals surface area contributed by atoms with Crippen LogP contribution in [0.15, 0.2) is 61.1 Å². The van der Waals surface area contributed by atoms with Gasteiger partial charge in [-0.25, -0.2) is 14.2 Å². The summed E-state index contributed by atoms with van der Waals surface area (Å²) < 4.78 is 21.0. The smallest absolute Gasteiger partial charge is 0.329 e. The summed E-state index contributed by atoms with van der Waals surface area (Å²) in [6.45, 7) is 7.59. The van der Waals surface area contributed by atoms with E-state index < -0.39 is 29.4 Å². The van der Waals surface area contributed by atoms with Crippen molar-refractivity contribution >= 4 is 29.4 Å². The van der Waals surface area contributed by atoms with Gasteiger partial charge in [-0.1, -0.05) is 24.3 Å². The minimum atomic E-state index is -1.03. The largest absolute Gasteiger partial charge is 0.458 e. The summed E-state index contributed by atoms with van der Waals surface area (Å²) in [6.07, 6.45) is 5.34. The molecule has 0 unspecified atom stereocenters. The standard InChI is InChI=1S/C29H33FN4O4/c1-19-16-32-18-34(19)17-23(21-8-10-24(30)11-9-21)15-20-6-5-7-22(14-20)27(36)33-25(12-13-26(31)35)28(37)38-29(2,3)4/h5-11,14-16,18,25H,12-13,17H2,1-4H3,(H2,31,35)(H,33,36)/b23-15-/t25-/m0/s1. The lowest BCUT2D eigenvalue weighted by atomic mass is 10.0. The number of hydrogen-bond acceptors (Lipinski definition) is 5. The molecule has 1 aromatic heterocycles. The number of aryl methyl sites for hydroxylation is 1. The van der Waals surface area contributed by atoms with Crippen LogP contribution in [0.5, 0.6) is 0 Å². The Balaban J connectivity index is 1.88. The van der Waals surface area contributed by atoms with E-state index in [2.05, 4.69) is 10.3 Å². The van der Waals surface area contributed by atoms with Gasteiger partial charge < -0.3 is 20.4 Å². The molecule has 2 amide bonds. The van der Waals surface area contributed by atoms with Gasteiger partial charge in [-0.2, -0.15) is 0 Å². The molecular formula is C29H33FN4O4. The van der Waals surface area contributed by atoms with Crippen molar-refractivity contribution in [1.82, 2.24) is 14.9 Å². The Hall–Kier alpha value is -4.27. The molecule has 1 heterocycles. The average Bonchev–Trinajstić information content (AvgIpc) is 3.24. The van der Waals surface area contributed by atoms with Gasteiger partial charge in [-0.3, -0.25) is 9.59 Å². The minimum absolute atomic E-state index is 0.0224. The fourth-order valence-electron chi connectivity index (χ4n) is 3.74. The molecule has 0 radical (unpaired) electrons. The van der Waals surface area contributed by atoms with Crippen LogP contribution in [0.1, 0.15) is 60.8 Å². The number of amides is 2. The summed E-state index contributed by atoms with van der Waals surface area (Å²) >= 11 is 0. The van der Waals surface area contributed by atoms with Crippen molar-refractivity contribution in [3.63, 3.8) is 0 Å². The zero-order chi connectivity index (χ0) is 27.9. The van der Waals surface area contributed by atoms with E-state index in [4.69, 9.17) is 10.5 Å². The number of carbonyl (C=O) groups excluding carboxylic acids is 3. The lowest BCUT2D eigenvalue weighted by Gasteiger charge is -2.24. The number of esters is 1. The van der Waals surface area contributed by atoms with Gasteiger partial charge in [0.1, 0.15) is 17.5 Å². The molecule has 0 fully saturated rings. The molecule has 3 aromatic rings. The Labute approximate surface area is 221 Å².